The van der Waals surface area contributed by atoms with Gasteiger partial charge in [0.15, 0.2) is 0 Å². The van der Waals surface area contributed by atoms with Crippen molar-refractivity contribution in [3.8, 4) is 5.75 Å². The molecule has 0 spiro atoms. The van der Waals surface area contributed by atoms with Crippen molar-refractivity contribution in [2.45, 2.75) is 0 Å². The van der Waals surface area contributed by atoms with Gasteiger partial charge < -0.3 is 19.7 Å². The van der Waals surface area contributed by atoms with Crippen LogP contribution in [0.5, 0.6) is 5.75 Å². The lowest BCUT2D eigenvalue weighted by atomic mass is 10.2. The first kappa shape index (κ1) is 9.54. The second kappa shape index (κ2) is 4.47. The van der Waals surface area contributed by atoms with Gasteiger partial charge in [-0.3, -0.25) is 0 Å². The molecule has 0 aliphatic carbocycles. The molecule has 0 radical (unpaired) electrons. The average Bonchev–Trinajstić information content (AvgIpc) is 2.15. The highest BCUT2D eigenvalue weighted by Gasteiger charge is 2.02. The van der Waals surface area contributed by atoms with Crippen LogP contribution < -0.4 is 9.84 Å². The maximum atomic E-state index is 10.5. The van der Waals surface area contributed by atoms with E-state index < -0.39 is 5.97 Å². The Morgan fingerprint density at radius 2 is 2.15 bits per heavy atom. The molecule has 1 N–H and O–H groups in total. The summed E-state index contributed by atoms with van der Waals surface area (Å²) in [5.41, 5.74) is -0.00375. The van der Waals surface area contributed by atoms with Crippen molar-refractivity contribution in [2.75, 3.05) is 13.2 Å². The summed E-state index contributed by atoms with van der Waals surface area (Å²) in [5, 5.41) is 19.0. The maximum Gasteiger partial charge on any atom is 0.128 e. The summed E-state index contributed by atoms with van der Waals surface area (Å²) >= 11 is 0. The summed E-state index contributed by atoms with van der Waals surface area (Å²) in [5.74, 6) is -1.06. The Morgan fingerprint density at radius 3 is 2.77 bits per heavy atom. The molecule has 0 heterocycles. The Labute approximate surface area is 75.4 Å². The SMILES string of the molecule is O=C([O-])c1ccccc1OCCO. The van der Waals surface area contributed by atoms with E-state index in [-0.39, 0.29) is 24.5 Å². The molecule has 1 rings (SSSR count). The van der Waals surface area contributed by atoms with E-state index in [0.717, 1.165) is 0 Å². The minimum absolute atomic E-state index is 0.00375. The van der Waals surface area contributed by atoms with Gasteiger partial charge in [-0.2, -0.15) is 0 Å². The molecule has 70 valence electrons. The Morgan fingerprint density at radius 1 is 1.46 bits per heavy atom. The largest absolute Gasteiger partial charge is 0.545 e. The molecule has 0 fully saturated rings. The van der Waals surface area contributed by atoms with Gasteiger partial charge in [0.25, 0.3) is 0 Å². The number of ether oxygens (including phenoxy) is 1. The van der Waals surface area contributed by atoms with E-state index in [1.807, 2.05) is 0 Å². The lowest BCUT2D eigenvalue weighted by Crippen LogP contribution is -2.23. The molecular weight excluding hydrogens is 172 g/mol. The van der Waals surface area contributed by atoms with Gasteiger partial charge in [-0.15, -0.1) is 0 Å². The number of rotatable bonds is 4. The van der Waals surface area contributed by atoms with Crippen LogP contribution in [0.3, 0.4) is 0 Å². The van der Waals surface area contributed by atoms with Crippen LogP contribution in [-0.2, 0) is 0 Å². The molecular formula is C9H9O4-. The summed E-state index contributed by atoms with van der Waals surface area (Å²) in [6, 6.07) is 6.14. The summed E-state index contributed by atoms with van der Waals surface area (Å²) in [6.07, 6.45) is 0. The van der Waals surface area contributed by atoms with Crippen LogP contribution in [0.2, 0.25) is 0 Å². The van der Waals surface area contributed by atoms with Crippen molar-refractivity contribution in [3.05, 3.63) is 29.8 Å². The Balaban J connectivity index is 2.84. The molecule has 0 atom stereocenters. The first-order chi connectivity index (χ1) is 6.25. The van der Waals surface area contributed by atoms with Crippen molar-refractivity contribution in [2.24, 2.45) is 0 Å². The normalized spacial score (nSPS) is 9.62. The number of para-hydroxylation sites is 1. The Bertz CT molecular complexity index is 295. The number of carbonyl (C=O) groups is 1. The highest BCUT2D eigenvalue weighted by molar-refractivity contribution is 5.89. The van der Waals surface area contributed by atoms with Gasteiger partial charge in [-0.05, 0) is 12.1 Å². The minimum atomic E-state index is -1.28. The highest BCUT2D eigenvalue weighted by atomic mass is 16.5. The summed E-state index contributed by atoms with van der Waals surface area (Å²) in [7, 11) is 0. The van der Waals surface area contributed by atoms with Crippen LogP contribution in [0.4, 0.5) is 0 Å². The molecule has 0 aliphatic heterocycles. The number of aromatic carboxylic acids is 1. The average molecular weight is 181 g/mol. The molecule has 0 saturated carbocycles. The van der Waals surface area contributed by atoms with Crippen LogP contribution in [-0.4, -0.2) is 24.3 Å². The maximum absolute atomic E-state index is 10.5. The molecule has 4 nitrogen and oxygen atoms in total. The van der Waals surface area contributed by atoms with Gasteiger partial charge in [-0.1, -0.05) is 12.1 Å². The van der Waals surface area contributed by atoms with Crippen LogP contribution in [0.1, 0.15) is 10.4 Å². The fourth-order valence-corrected chi connectivity index (χ4v) is 0.917. The lowest BCUT2D eigenvalue weighted by molar-refractivity contribution is -0.255. The third-order valence-electron chi connectivity index (χ3n) is 1.46. The van der Waals surface area contributed by atoms with Gasteiger partial charge in [-0.25, -0.2) is 0 Å². The predicted molar refractivity (Wildman–Crippen MR) is 43.4 cm³/mol. The lowest BCUT2D eigenvalue weighted by Gasteiger charge is -2.10. The van der Waals surface area contributed by atoms with Crippen molar-refractivity contribution in [3.63, 3.8) is 0 Å². The number of carboxylic acid groups (broad SMARTS) is 1. The zero-order chi connectivity index (χ0) is 9.68. The van der Waals surface area contributed by atoms with Crippen LogP contribution in [0, 0.1) is 0 Å². The first-order valence-corrected chi connectivity index (χ1v) is 3.79. The van der Waals surface area contributed by atoms with Gasteiger partial charge in [0, 0.05) is 5.56 Å². The monoisotopic (exact) mass is 181 g/mol. The van der Waals surface area contributed by atoms with Crippen molar-refractivity contribution in [1.29, 1.82) is 0 Å². The van der Waals surface area contributed by atoms with Gasteiger partial charge >= 0.3 is 0 Å². The highest BCUT2D eigenvalue weighted by Crippen LogP contribution is 2.16. The van der Waals surface area contributed by atoms with E-state index in [0.29, 0.717) is 0 Å². The van der Waals surface area contributed by atoms with Crippen molar-refractivity contribution >= 4 is 5.97 Å². The van der Waals surface area contributed by atoms with Crippen molar-refractivity contribution < 1.29 is 19.7 Å². The van der Waals surface area contributed by atoms with Crippen LogP contribution in [0.25, 0.3) is 0 Å². The third-order valence-corrected chi connectivity index (χ3v) is 1.46. The second-order valence-corrected chi connectivity index (χ2v) is 2.36. The number of carboxylic acids is 1. The predicted octanol–water partition coefficient (Wildman–Crippen LogP) is -0.579. The molecule has 0 unspecified atom stereocenters. The topological polar surface area (TPSA) is 69.6 Å². The number of hydrogen-bond donors (Lipinski definition) is 1. The molecule has 0 amide bonds. The number of benzene rings is 1. The molecule has 1 aromatic carbocycles. The third kappa shape index (κ3) is 2.45. The second-order valence-electron chi connectivity index (χ2n) is 2.36. The molecule has 1 aromatic rings. The van der Waals surface area contributed by atoms with E-state index in [1.54, 1.807) is 12.1 Å². The van der Waals surface area contributed by atoms with Crippen LogP contribution >= 0.6 is 0 Å². The minimum Gasteiger partial charge on any atom is -0.545 e. The van der Waals surface area contributed by atoms with Gasteiger partial charge in [0.2, 0.25) is 0 Å². The zero-order valence-corrected chi connectivity index (χ0v) is 6.90. The molecule has 0 aliphatic rings. The zero-order valence-electron chi connectivity index (χ0n) is 6.90. The summed E-state index contributed by atoms with van der Waals surface area (Å²) in [4.78, 5) is 10.5. The molecule has 4 heteroatoms. The first-order valence-electron chi connectivity index (χ1n) is 3.79. The summed E-state index contributed by atoms with van der Waals surface area (Å²) in [6.45, 7) is -0.0777. The van der Waals surface area contributed by atoms with Gasteiger partial charge in [0.05, 0.1) is 12.6 Å². The van der Waals surface area contributed by atoms with E-state index in [4.69, 9.17) is 9.84 Å². The summed E-state index contributed by atoms with van der Waals surface area (Å²) < 4.78 is 4.98. The Hall–Kier alpha value is -1.55. The number of carbonyl (C=O) groups excluding carboxylic acids is 1. The van der Waals surface area contributed by atoms with E-state index in [2.05, 4.69) is 0 Å². The molecule has 13 heavy (non-hydrogen) atoms. The quantitative estimate of drug-likeness (QED) is 0.674. The number of aliphatic hydroxyl groups is 1. The standard InChI is InChI=1S/C9H10O4/c10-5-6-13-8-4-2-1-3-7(8)9(11)12/h1-4,10H,5-6H2,(H,11,12)/p-1. The fraction of sp³-hybridized carbons (Fsp3) is 0.222. The smallest absolute Gasteiger partial charge is 0.128 e. The number of hydrogen-bond acceptors (Lipinski definition) is 4. The van der Waals surface area contributed by atoms with Crippen molar-refractivity contribution in [1.82, 2.24) is 0 Å². The fourth-order valence-electron chi connectivity index (χ4n) is 0.917. The number of aliphatic hydroxyl groups excluding tert-OH is 1. The van der Waals surface area contributed by atoms with E-state index in [1.165, 1.54) is 12.1 Å². The van der Waals surface area contributed by atoms with Gasteiger partial charge in [0.1, 0.15) is 12.4 Å². The molecule has 0 bridgehead atoms. The van der Waals surface area contributed by atoms with E-state index >= 15 is 0 Å². The van der Waals surface area contributed by atoms with E-state index in [9.17, 15) is 9.90 Å². The molecule has 0 aromatic heterocycles. The Kier molecular flexibility index (Phi) is 3.28. The van der Waals surface area contributed by atoms with Crippen LogP contribution in [0.15, 0.2) is 24.3 Å². The molecule has 0 saturated heterocycles.